The van der Waals surface area contributed by atoms with Crippen LogP contribution in [0.2, 0.25) is 0 Å². The van der Waals surface area contributed by atoms with Gasteiger partial charge in [0.25, 0.3) is 0 Å². The summed E-state index contributed by atoms with van der Waals surface area (Å²) < 4.78 is 0. The standard InChI is InChI=1S/C14H18O4/c1-3-5-9-11(7-15)14(18)10(6-4-2)12(8-16)13(9)17/h7-8,17-18H,3-6H2,1-2H3. The highest BCUT2D eigenvalue weighted by molar-refractivity contribution is 5.91. The zero-order valence-electron chi connectivity index (χ0n) is 10.7. The molecule has 0 radical (unpaired) electrons. The van der Waals surface area contributed by atoms with Crippen LogP contribution in [0.1, 0.15) is 58.5 Å². The van der Waals surface area contributed by atoms with E-state index < -0.39 is 0 Å². The van der Waals surface area contributed by atoms with Gasteiger partial charge in [0.1, 0.15) is 11.5 Å². The number of aromatic hydroxyl groups is 2. The van der Waals surface area contributed by atoms with Crippen molar-refractivity contribution in [3.63, 3.8) is 0 Å². The van der Waals surface area contributed by atoms with Crippen LogP contribution in [0, 0.1) is 0 Å². The van der Waals surface area contributed by atoms with E-state index in [0.717, 1.165) is 0 Å². The van der Waals surface area contributed by atoms with Crippen molar-refractivity contribution in [1.82, 2.24) is 0 Å². The van der Waals surface area contributed by atoms with E-state index in [4.69, 9.17) is 0 Å². The molecular weight excluding hydrogens is 232 g/mol. The molecule has 18 heavy (non-hydrogen) atoms. The first kappa shape index (κ1) is 14.2. The number of hydrogen-bond donors (Lipinski definition) is 2. The average Bonchev–Trinajstić information content (AvgIpc) is 2.36. The SMILES string of the molecule is CCCc1c(O)c(C=O)c(CCC)c(O)c1C=O. The Morgan fingerprint density at radius 3 is 1.39 bits per heavy atom. The predicted octanol–water partition coefficient (Wildman–Crippen LogP) is 2.63. The fraction of sp³-hybridized carbons (Fsp3) is 0.429. The van der Waals surface area contributed by atoms with Crippen LogP contribution < -0.4 is 0 Å². The third kappa shape index (κ3) is 2.37. The minimum atomic E-state index is -0.171. The highest BCUT2D eigenvalue weighted by Crippen LogP contribution is 2.37. The van der Waals surface area contributed by atoms with Crippen molar-refractivity contribution < 1.29 is 19.8 Å². The summed E-state index contributed by atoms with van der Waals surface area (Å²) in [7, 11) is 0. The molecule has 1 rings (SSSR count). The Hall–Kier alpha value is -1.84. The number of benzene rings is 1. The van der Waals surface area contributed by atoms with Crippen molar-refractivity contribution in [2.45, 2.75) is 39.5 Å². The van der Waals surface area contributed by atoms with Crippen molar-refractivity contribution in [3.05, 3.63) is 22.3 Å². The van der Waals surface area contributed by atoms with Crippen molar-refractivity contribution in [3.8, 4) is 11.5 Å². The summed E-state index contributed by atoms with van der Waals surface area (Å²) in [4.78, 5) is 22.1. The first-order valence-electron chi connectivity index (χ1n) is 6.12. The van der Waals surface area contributed by atoms with E-state index in [1.807, 2.05) is 13.8 Å². The molecule has 0 saturated carbocycles. The van der Waals surface area contributed by atoms with Crippen LogP contribution >= 0.6 is 0 Å². The highest BCUT2D eigenvalue weighted by Gasteiger charge is 2.21. The molecule has 0 aromatic heterocycles. The molecule has 0 aliphatic heterocycles. The molecule has 4 heteroatoms. The second kappa shape index (κ2) is 6.19. The van der Waals surface area contributed by atoms with E-state index >= 15 is 0 Å². The van der Waals surface area contributed by atoms with Gasteiger partial charge in [0, 0.05) is 11.1 Å². The minimum Gasteiger partial charge on any atom is -0.507 e. The Labute approximate surface area is 106 Å². The minimum absolute atomic E-state index is 0.100. The molecule has 2 N–H and O–H groups in total. The van der Waals surface area contributed by atoms with Gasteiger partial charge in [-0.15, -0.1) is 0 Å². The van der Waals surface area contributed by atoms with Crippen LogP contribution in [-0.2, 0) is 12.8 Å². The molecule has 1 aromatic carbocycles. The largest absolute Gasteiger partial charge is 0.507 e. The van der Waals surface area contributed by atoms with E-state index in [1.165, 1.54) is 0 Å². The van der Waals surface area contributed by atoms with Gasteiger partial charge in [-0.1, -0.05) is 26.7 Å². The highest BCUT2D eigenvalue weighted by atomic mass is 16.3. The fourth-order valence-corrected chi connectivity index (χ4v) is 2.13. The lowest BCUT2D eigenvalue weighted by Gasteiger charge is -2.15. The molecule has 1 aromatic rings. The lowest BCUT2D eigenvalue weighted by molar-refractivity contribution is 0.110. The van der Waals surface area contributed by atoms with Gasteiger partial charge in [-0.25, -0.2) is 0 Å². The average molecular weight is 250 g/mol. The van der Waals surface area contributed by atoms with Crippen molar-refractivity contribution in [2.24, 2.45) is 0 Å². The Morgan fingerprint density at radius 1 is 0.833 bits per heavy atom. The van der Waals surface area contributed by atoms with Gasteiger partial charge in [0.15, 0.2) is 12.6 Å². The molecular formula is C14H18O4. The molecule has 0 heterocycles. The van der Waals surface area contributed by atoms with E-state index in [1.54, 1.807) is 0 Å². The summed E-state index contributed by atoms with van der Waals surface area (Å²) >= 11 is 0. The molecule has 0 bridgehead atoms. The molecule has 0 atom stereocenters. The number of phenolic OH excluding ortho intramolecular Hbond substituents is 2. The van der Waals surface area contributed by atoms with Gasteiger partial charge in [0.2, 0.25) is 0 Å². The van der Waals surface area contributed by atoms with Crippen molar-refractivity contribution in [1.29, 1.82) is 0 Å². The summed E-state index contributed by atoms with van der Waals surface area (Å²) in [5.74, 6) is -0.342. The molecule has 0 fully saturated rings. The number of rotatable bonds is 6. The van der Waals surface area contributed by atoms with Crippen LogP contribution in [-0.4, -0.2) is 22.8 Å². The Morgan fingerprint density at radius 2 is 1.17 bits per heavy atom. The van der Waals surface area contributed by atoms with E-state index in [2.05, 4.69) is 0 Å². The summed E-state index contributed by atoms with van der Waals surface area (Å²) in [5, 5.41) is 20.1. The molecule has 0 amide bonds. The molecule has 4 nitrogen and oxygen atoms in total. The maximum absolute atomic E-state index is 11.1. The Balaban J connectivity index is 3.61. The molecule has 0 aliphatic carbocycles. The number of carbonyl (C=O) groups excluding carboxylic acids is 2. The first-order chi connectivity index (χ1) is 8.62. The third-order valence-electron chi connectivity index (χ3n) is 2.97. The number of hydrogen-bond acceptors (Lipinski definition) is 4. The van der Waals surface area contributed by atoms with Gasteiger partial charge in [-0.2, -0.15) is 0 Å². The normalized spacial score (nSPS) is 10.3. The van der Waals surface area contributed by atoms with Gasteiger partial charge in [0.05, 0.1) is 11.1 Å². The Kier molecular flexibility index (Phi) is 4.89. The quantitative estimate of drug-likeness (QED) is 0.601. The maximum Gasteiger partial charge on any atom is 0.154 e. The van der Waals surface area contributed by atoms with Crippen LogP contribution in [0.15, 0.2) is 0 Å². The molecule has 0 aliphatic rings. The lowest BCUT2D eigenvalue weighted by atomic mass is 9.92. The van der Waals surface area contributed by atoms with Crippen molar-refractivity contribution in [2.75, 3.05) is 0 Å². The summed E-state index contributed by atoms with van der Waals surface area (Å²) in [6.45, 7) is 3.79. The maximum atomic E-state index is 11.1. The summed E-state index contributed by atoms with van der Waals surface area (Å²) in [6, 6.07) is 0. The van der Waals surface area contributed by atoms with Crippen LogP contribution in [0.4, 0.5) is 0 Å². The summed E-state index contributed by atoms with van der Waals surface area (Å²) in [6.07, 6.45) is 3.38. The van der Waals surface area contributed by atoms with E-state index in [0.29, 0.717) is 49.4 Å². The van der Waals surface area contributed by atoms with Crippen LogP contribution in [0.5, 0.6) is 11.5 Å². The fourth-order valence-electron chi connectivity index (χ4n) is 2.13. The van der Waals surface area contributed by atoms with Crippen molar-refractivity contribution >= 4 is 12.6 Å². The zero-order chi connectivity index (χ0) is 13.7. The smallest absolute Gasteiger partial charge is 0.154 e. The van der Waals surface area contributed by atoms with Gasteiger partial charge in [-0.3, -0.25) is 9.59 Å². The van der Waals surface area contributed by atoms with E-state index in [-0.39, 0.29) is 22.6 Å². The third-order valence-corrected chi connectivity index (χ3v) is 2.97. The monoisotopic (exact) mass is 250 g/mol. The summed E-state index contributed by atoms with van der Waals surface area (Å²) in [5.41, 5.74) is 0.908. The lowest BCUT2D eigenvalue weighted by Crippen LogP contribution is -2.03. The number of phenols is 2. The molecule has 0 unspecified atom stereocenters. The van der Waals surface area contributed by atoms with Crippen LogP contribution in [0.3, 0.4) is 0 Å². The predicted molar refractivity (Wildman–Crippen MR) is 68.5 cm³/mol. The van der Waals surface area contributed by atoms with Crippen LogP contribution in [0.25, 0.3) is 0 Å². The second-order valence-electron chi connectivity index (χ2n) is 4.22. The second-order valence-corrected chi connectivity index (χ2v) is 4.22. The molecule has 98 valence electrons. The first-order valence-corrected chi connectivity index (χ1v) is 6.12. The zero-order valence-corrected chi connectivity index (χ0v) is 10.7. The van der Waals surface area contributed by atoms with Gasteiger partial charge >= 0.3 is 0 Å². The Bertz CT molecular complexity index is 420. The number of carbonyl (C=O) groups is 2. The number of aldehydes is 2. The molecule has 0 saturated heterocycles. The molecule has 0 spiro atoms. The van der Waals surface area contributed by atoms with Gasteiger partial charge < -0.3 is 10.2 Å². The topological polar surface area (TPSA) is 74.6 Å². The van der Waals surface area contributed by atoms with E-state index in [9.17, 15) is 19.8 Å². The van der Waals surface area contributed by atoms with Gasteiger partial charge in [-0.05, 0) is 12.8 Å².